The van der Waals surface area contributed by atoms with Gasteiger partial charge in [0.25, 0.3) is 0 Å². The Balaban J connectivity index is 1.39. The second-order valence-electron chi connectivity index (χ2n) is 9.44. The number of piperidine rings is 1. The molecule has 1 fully saturated rings. The highest BCUT2D eigenvalue weighted by Gasteiger charge is 2.36. The molecule has 7 nitrogen and oxygen atoms in total. The third kappa shape index (κ3) is 5.18. The molecule has 0 spiro atoms. The standard InChI is InChI=1S/C27H26F2N4O3S2/c1-17-12-23-24(13-18(17)2)37-27(31-23)33(16-19-4-3-9-30-15-19)26(34)20-7-10-32(11-8-20)38(35,36)25-6-5-21(28)14-22(25)29/h3-6,9,12-15,20H,7-8,10-11,16H2,1-2H3. The third-order valence-corrected chi connectivity index (χ3v) is 9.84. The molecular weight excluding hydrogens is 530 g/mol. The number of hydrogen-bond donors (Lipinski definition) is 0. The van der Waals surface area contributed by atoms with E-state index < -0.39 is 32.5 Å². The molecule has 1 aliphatic rings. The van der Waals surface area contributed by atoms with Crippen molar-refractivity contribution in [2.45, 2.75) is 38.1 Å². The topological polar surface area (TPSA) is 83.5 Å². The highest BCUT2D eigenvalue weighted by Crippen LogP contribution is 2.34. The van der Waals surface area contributed by atoms with Crippen molar-refractivity contribution < 1.29 is 22.0 Å². The van der Waals surface area contributed by atoms with E-state index in [1.807, 2.05) is 26.0 Å². The fourth-order valence-electron chi connectivity index (χ4n) is 4.58. The summed E-state index contributed by atoms with van der Waals surface area (Å²) in [5.74, 6) is -2.56. The normalized spacial score (nSPS) is 15.2. The molecule has 0 bridgehead atoms. The maximum atomic E-state index is 14.2. The molecule has 5 rings (SSSR count). The fourth-order valence-corrected chi connectivity index (χ4v) is 7.15. The molecule has 198 valence electrons. The minimum absolute atomic E-state index is 0.0501. The van der Waals surface area contributed by atoms with Crippen molar-refractivity contribution in [3.05, 3.63) is 83.2 Å². The summed E-state index contributed by atoms with van der Waals surface area (Å²) in [5, 5.41) is 0.572. The van der Waals surface area contributed by atoms with Gasteiger partial charge in [-0.1, -0.05) is 17.4 Å². The summed E-state index contributed by atoms with van der Waals surface area (Å²) in [7, 11) is -4.16. The predicted octanol–water partition coefficient (Wildman–Crippen LogP) is 5.22. The van der Waals surface area contributed by atoms with Gasteiger partial charge in [-0.3, -0.25) is 14.7 Å². The number of benzene rings is 2. The number of aromatic nitrogens is 2. The molecule has 11 heteroatoms. The Morgan fingerprint density at radius 1 is 1.11 bits per heavy atom. The number of pyridine rings is 1. The van der Waals surface area contributed by atoms with Crippen LogP contribution in [0.3, 0.4) is 0 Å². The highest BCUT2D eigenvalue weighted by atomic mass is 32.2. The van der Waals surface area contributed by atoms with Gasteiger partial charge in [-0.25, -0.2) is 22.2 Å². The van der Waals surface area contributed by atoms with E-state index in [1.165, 1.54) is 11.3 Å². The number of carbonyl (C=O) groups excluding carboxylic acids is 1. The molecule has 0 aliphatic carbocycles. The van der Waals surface area contributed by atoms with Gasteiger partial charge in [0, 0.05) is 37.5 Å². The molecule has 0 unspecified atom stereocenters. The van der Waals surface area contributed by atoms with E-state index in [0.29, 0.717) is 11.2 Å². The van der Waals surface area contributed by atoms with Gasteiger partial charge in [-0.2, -0.15) is 4.31 Å². The number of aryl methyl sites for hydroxylation is 2. The summed E-state index contributed by atoms with van der Waals surface area (Å²) in [5.41, 5.74) is 3.92. The number of amides is 1. The van der Waals surface area contributed by atoms with Crippen molar-refractivity contribution >= 4 is 42.6 Å². The Kier molecular flexibility index (Phi) is 7.26. The Morgan fingerprint density at radius 3 is 2.53 bits per heavy atom. The maximum Gasteiger partial charge on any atom is 0.245 e. The average Bonchev–Trinajstić information content (AvgIpc) is 3.29. The van der Waals surface area contributed by atoms with Crippen LogP contribution in [0.2, 0.25) is 0 Å². The Morgan fingerprint density at radius 2 is 1.84 bits per heavy atom. The van der Waals surface area contributed by atoms with Crippen LogP contribution < -0.4 is 4.90 Å². The number of thiazole rings is 1. The van der Waals surface area contributed by atoms with E-state index >= 15 is 0 Å². The van der Waals surface area contributed by atoms with E-state index in [4.69, 9.17) is 4.98 Å². The van der Waals surface area contributed by atoms with Gasteiger partial charge in [0.05, 0.1) is 16.8 Å². The number of carbonyl (C=O) groups is 1. The average molecular weight is 557 g/mol. The molecule has 3 heterocycles. The van der Waals surface area contributed by atoms with Gasteiger partial charge in [0.2, 0.25) is 15.9 Å². The van der Waals surface area contributed by atoms with Crippen LogP contribution in [0.5, 0.6) is 0 Å². The summed E-state index contributed by atoms with van der Waals surface area (Å²) in [4.78, 5) is 23.8. The number of fused-ring (bicyclic) bond motifs is 1. The number of nitrogens with zero attached hydrogens (tertiary/aromatic N) is 4. The Hall–Kier alpha value is -3.28. The maximum absolute atomic E-state index is 14.2. The smallest absolute Gasteiger partial charge is 0.245 e. The first kappa shape index (κ1) is 26.3. The van der Waals surface area contributed by atoms with Crippen LogP contribution in [0.4, 0.5) is 13.9 Å². The molecule has 0 saturated carbocycles. The van der Waals surface area contributed by atoms with Crippen LogP contribution in [0.15, 0.2) is 59.8 Å². The van der Waals surface area contributed by atoms with E-state index in [0.717, 1.165) is 43.3 Å². The molecule has 38 heavy (non-hydrogen) atoms. The Bertz CT molecular complexity index is 1560. The van der Waals surface area contributed by atoms with E-state index in [2.05, 4.69) is 11.1 Å². The van der Waals surface area contributed by atoms with Gasteiger partial charge >= 0.3 is 0 Å². The van der Waals surface area contributed by atoms with Crippen LogP contribution >= 0.6 is 11.3 Å². The fraction of sp³-hybridized carbons (Fsp3) is 0.296. The van der Waals surface area contributed by atoms with Crippen molar-refractivity contribution in [2.24, 2.45) is 5.92 Å². The van der Waals surface area contributed by atoms with Gasteiger partial charge in [0.1, 0.15) is 16.5 Å². The molecule has 0 N–H and O–H groups in total. The van der Waals surface area contributed by atoms with Crippen LogP contribution in [0, 0.1) is 31.4 Å². The zero-order valence-electron chi connectivity index (χ0n) is 20.9. The molecule has 1 amide bonds. The van der Waals surface area contributed by atoms with Crippen molar-refractivity contribution in [1.29, 1.82) is 0 Å². The van der Waals surface area contributed by atoms with Gasteiger partial charge in [0.15, 0.2) is 5.13 Å². The second kappa shape index (κ2) is 10.5. The summed E-state index contributed by atoms with van der Waals surface area (Å²) < 4.78 is 55.7. The Labute approximate surface area is 223 Å². The molecule has 4 aromatic rings. The quantitative estimate of drug-likeness (QED) is 0.325. The van der Waals surface area contributed by atoms with Crippen LogP contribution in [-0.2, 0) is 21.4 Å². The number of anilines is 1. The van der Waals surface area contributed by atoms with Crippen molar-refractivity contribution in [1.82, 2.24) is 14.3 Å². The predicted molar refractivity (Wildman–Crippen MR) is 142 cm³/mol. The summed E-state index contributed by atoms with van der Waals surface area (Å²) in [6.07, 6.45) is 3.91. The van der Waals surface area contributed by atoms with Crippen molar-refractivity contribution in [3.63, 3.8) is 0 Å². The minimum Gasteiger partial charge on any atom is -0.283 e. The monoisotopic (exact) mass is 556 g/mol. The van der Waals surface area contributed by atoms with E-state index in [-0.39, 0.29) is 38.4 Å². The number of halogens is 2. The van der Waals surface area contributed by atoms with E-state index in [9.17, 15) is 22.0 Å². The molecule has 0 atom stereocenters. The summed E-state index contributed by atoms with van der Waals surface area (Å²) in [6.45, 7) is 4.44. The zero-order valence-corrected chi connectivity index (χ0v) is 22.5. The molecule has 2 aromatic heterocycles. The van der Waals surface area contributed by atoms with Gasteiger partial charge in [-0.05, 0) is 73.7 Å². The van der Waals surface area contributed by atoms with Gasteiger partial charge in [-0.15, -0.1) is 0 Å². The van der Waals surface area contributed by atoms with Crippen LogP contribution in [0.25, 0.3) is 10.2 Å². The van der Waals surface area contributed by atoms with Gasteiger partial charge < -0.3 is 0 Å². The van der Waals surface area contributed by atoms with Crippen molar-refractivity contribution in [3.8, 4) is 0 Å². The number of sulfonamides is 1. The molecule has 2 aromatic carbocycles. The van der Waals surface area contributed by atoms with E-state index in [1.54, 1.807) is 23.4 Å². The van der Waals surface area contributed by atoms with Crippen LogP contribution in [0.1, 0.15) is 29.5 Å². The largest absolute Gasteiger partial charge is 0.283 e. The lowest BCUT2D eigenvalue weighted by molar-refractivity contribution is -0.123. The summed E-state index contributed by atoms with van der Waals surface area (Å²) in [6, 6.07) is 10.2. The minimum atomic E-state index is -4.16. The highest BCUT2D eigenvalue weighted by molar-refractivity contribution is 7.89. The first-order valence-corrected chi connectivity index (χ1v) is 14.4. The summed E-state index contributed by atoms with van der Waals surface area (Å²) >= 11 is 1.44. The van der Waals surface area contributed by atoms with Crippen LogP contribution in [-0.4, -0.2) is 41.7 Å². The first-order chi connectivity index (χ1) is 18.1. The number of rotatable bonds is 6. The molecule has 1 saturated heterocycles. The number of hydrogen-bond acceptors (Lipinski definition) is 6. The lowest BCUT2D eigenvalue weighted by Gasteiger charge is -2.33. The SMILES string of the molecule is Cc1cc2nc(N(Cc3cccnc3)C(=O)C3CCN(S(=O)(=O)c4ccc(F)cc4F)CC3)sc2cc1C. The molecule has 1 aliphatic heterocycles. The lowest BCUT2D eigenvalue weighted by Crippen LogP contribution is -2.44. The second-order valence-corrected chi connectivity index (χ2v) is 12.4. The lowest BCUT2D eigenvalue weighted by atomic mass is 9.96. The third-order valence-electron chi connectivity index (χ3n) is 6.87. The molecule has 0 radical (unpaired) electrons. The van der Waals surface area contributed by atoms with Crippen molar-refractivity contribution in [2.75, 3.05) is 18.0 Å². The molecular formula is C27H26F2N4O3S2. The zero-order chi connectivity index (χ0) is 27.0. The first-order valence-electron chi connectivity index (χ1n) is 12.2.